The number of aromatic nitrogens is 4. The van der Waals surface area contributed by atoms with E-state index < -0.39 is 0 Å². The van der Waals surface area contributed by atoms with Gasteiger partial charge < -0.3 is 4.98 Å². The van der Waals surface area contributed by atoms with Crippen LogP contribution in [-0.4, -0.2) is 19.9 Å². The van der Waals surface area contributed by atoms with Crippen molar-refractivity contribution in [3.63, 3.8) is 0 Å². The molecule has 0 amide bonds. The zero-order chi connectivity index (χ0) is 12.5. The van der Waals surface area contributed by atoms with E-state index in [0.29, 0.717) is 4.64 Å². The fourth-order valence-electron chi connectivity index (χ4n) is 1.41. The third-order valence-corrected chi connectivity index (χ3v) is 2.53. The quantitative estimate of drug-likeness (QED) is 0.786. The van der Waals surface area contributed by atoms with Crippen molar-refractivity contribution in [1.82, 2.24) is 19.9 Å². The van der Waals surface area contributed by atoms with E-state index in [4.69, 9.17) is 12.2 Å². The minimum absolute atomic E-state index is 0.0702. The van der Waals surface area contributed by atoms with E-state index in [1.165, 1.54) is 6.33 Å². The second kappa shape index (κ2) is 4.33. The molecule has 0 bridgehead atoms. The van der Waals surface area contributed by atoms with E-state index in [-0.39, 0.29) is 5.41 Å². The Bertz CT molecular complexity index is 569. The van der Waals surface area contributed by atoms with Crippen molar-refractivity contribution in [3.8, 4) is 11.3 Å². The Morgan fingerprint density at radius 1 is 1.18 bits per heavy atom. The summed E-state index contributed by atoms with van der Waals surface area (Å²) in [5.74, 6) is 0.865. The molecule has 0 aliphatic carbocycles. The molecule has 2 aromatic rings. The van der Waals surface area contributed by atoms with Gasteiger partial charge in [0.05, 0.1) is 5.69 Å². The van der Waals surface area contributed by atoms with Crippen molar-refractivity contribution in [2.75, 3.05) is 0 Å². The molecule has 2 rings (SSSR count). The molecule has 0 radical (unpaired) electrons. The second-order valence-electron chi connectivity index (χ2n) is 4.86. The second-order valence-corrected chi connectivity index (χ2v) is 5.28. The molecule has 0 fully saturated rings. The molecule has 0 saturated carbocycles. The van der Waals surface area contributed by atoms with Gasteiger partial charge in [-0.2, -0.15) is 0 Å². The maximum Gasteiger partial charge on any atom is 0.130 e. The standard InChI is InChI=1S/C12H14N4S/c1-12(2,3)11-15-9(4-10(17)16-11)8-5-13-7-14-6-8/h4-7H,1-3H3,(H,15,16,17). The van der Waals surface area contributed by atoms with Crippen molar-refractivity contribution in [2.24, 2.45) is 0 Å². The molecule has 0 unspecified atom stereocenters. The highest BCUT2D eigenvalue weighted by Crippen LogP contribution is 2.21. The Hall–Kier alpha value is -1.62. The lowest BCUT2D eigenvalue weighted by atomic mass is 9.95. The molecule has 1 N–H and O–H groups in total. The highest BCUT2D eigenvalue weighted by Gasteiger charge is 2.17. The lowest BCUT2D eigenvalue weighted by molar-refractivity contribution is 0.545. The Morgan fingerprint density at radius 3 is 2.41 bits per heavy atom. The first kappa shape index (κ1) is 11.9. The first-order valence-electron chi connectivity index (χ1n) is 5.34. The normalized spacial score (nSPS) is 11.5. The Labute approximate surface area is 105 Å². The summed E-state index contributed by atoms with van der Waals surface area (Å²) in [5.41, 5.74) is 1.74. The molecule has 2 aromatic heterocycles. The molecule has 0 saturated heterocycles. The highest BCUT2D eigenvalue weighted by atomic mass is 32.1. The van der Waals surface area contributed by atoms with Gasteiger partial charge in [-0.05, 0) is 6.07 Å². The predicted molar refractivity (Wildman–Crippen MR) is 69.1 cm³/mol. The SMILES string of the molecule is CC(C)(C)c1nc(=S)cc(-c2cncnc2)[nH]1. The van der Waals surface area contributed by atoms with Gasteiger partial charge in [0, 0.05) is 23.4 Å². The Kier molecular flexibility index (Phi) is 3.02. The van der Waals surface area contributed by atoms with Crippen LogP contribution in [0.2, 0.25) is 0 Å². The van der Waals surface area contributed by atoms with Crippen LogP contribution in [0.4, 0.5) is 0 Å². The fourth-order valence-corrected chi connectivity index (χ4v) is 1.62. The van der Waals surface area contributed by atoms with Crippen LogP contribution in [-0.2, 0) is 5.41 Å². The number of rotatable bonds is 1. The van der Waals surface area contributed by atoms with Gasteiger partial charge in [0.1, 0.15) is 16.8 Å². The number of aromatic amines is 1. The van der Waals surface area contributed by atoms with Crippen LogP contribution >= 0.6 is 12.2 Å². The van der Waals surface area contributed by atoms with Crippen LogP contribution in [0.3, 0.4) is 0 Å². The van der Waals surface area contributed by atoms with Crippen LogP contribution in [0, 0.1) is 4.64 Å². The molecule has 0 aliphatic heterocycles. The molecule has 5 heteroatoms. The smallest absolute Gasteiger partial charge is 0.130 e. The van der Waals surface area contributed by atoms with E-state index >= 15 is 0 Å². The molecule has 88 valence electrons. The molecular weight excluding hydrogens is 232 g/mol. The molecule has 4 nitrogen and oxygen atoms in total. The highest BCUT2D eigenvalue weighted by molar-refractivity contribution is 7.71. The van der Waals surface area contributed by atoms with E-state index in [0.717, 1.165) is 17.1 Å². The monoisotopic (exact) mass is 246 g/mol. The Morgan fingerprint density at radius 2 is 1.82 bits per heavy atom. The zero-order valence-electron chi connectivity index (χ0n) is 10.1. The van der Waals surface area contributed by atoms with Crippen molar-refractivity contribution in [1.29, 1.82) is 0 Å². The lowest BCUT2D eigenvalue weighted by Gasteiger charge is -2.18. The summed E-state index contributed by atoms with van der Waals surface area (Å²) in [6, 6.07) is 1.82. The number of hydrogen-bond donors (Lipinski definition) is 1. The van der Waals surface area contributed by atoms with Crippen molar-refractivity contribution in [2.45, 2.75) is 26.2 Å². The lowest BCUT2D eigenvalue weighted by Crippen LogP contribution is -2.16. The topological polar surface area (TPSA) is 54.5 Å². The van der Waals surface area contributed by atoms with Gasteiger partial charge in [0.2, 0.25) is 0 Å². The van der Waals surface area contributed by atoms with Crippen LogP contribution in [0.25, 0.3) is 11.3 Å². The third-order valence-electron chi connectivity index (χ3n) is 2.32. The predicted octanol–water partition coefficient (Wildman–Crippen LogP) is 2.89. The molecule has 17 heavy (non-hydrogen) atoms. The summed E-state index contributed by atoms with van der Waals surface area (Å²) in [4.78, 5) is 15.6. The number of nitrogens with zero attached hydrogens (tertiary/aromatic N) is 3. The van der Waals surface area contributed by atoms with Crippen LogP contribution in [0.1, 0.15) is 26.6 Å². The van der Waals surface area contributed by atoms with Gasteiger partial charge in [0.15, 0.2) is 0 Å². The summed E-state index contributed by atoms with van der Waals surface area (Å²) in [5, 5.41) is 0. The molecule has 0 spiro atoms. The van der Waals surface area contributed by atoms with E-state index in [9.17, 15) is 0 Å². The molecule has 0 aromatic carbocycles. The Balaban J connectivity index is 2.58. The zero-order valence-corrected chi connectivity index (χ0v) is 10.9. The van der Waals surface area contributed by atoms with Gasteiger partial charge in [-0.3, -0.25) is 0 Å². The summed E-state index contributed by atoms with van der Waals surface area (Å²) in [6.45, 7) is 6.27. The first-order valence-corrected chi connectivity index (χ1v) is 5.75. The van der Waals surface area contributed by atoms with Gasteiger partial charge >= 0.3 is 0 Å². The van der Waals surface area contributed by atoms with Gasteiger partial charge in [-0.15, -0.1) is 0 Å². The first-order chi connectivity index (χ1) is 7.97. The molecule has 2 heterocycles. The number of H-pyrrole nitrogens is 1. The minimum atomic E-state index is -0.0702. The van der Waals surface area contributed by atoms with E-state index in [1.807, 2.05) is 6.07 Å². The summed E-state index contributed by atoms with van der Waals surface area (Å²) in [6.07, 6.45) is 5.00. The summed E-state index contributed by atoms with van der Waals surface area (Å²) < 4.78 is 0.576. The van der Waals surface area contributed by atoms with Crippen molar-refractivity contribution in [3.05, 3.63) is 35.3 Å². The van der Waals surface area contributed by atoms with Gasteiger partial charge in [-0.1, -0.05) is 33.0 Å². The average molecular weight is 246 g/mol. The molecule has 0 aliphatic rings. The summed E-state index contributed by atoms with van der Waals surface area (Å²) in [7, 11) is 0. The van der Waals surface area contributed by atoms with Crippen molar-refractivity contribution >= 4 is 12.2 Å². The fraction of sp³-hybridized carbons (Fsp3) is 0.333. The molecular formula is C12H14N4S. The minimum Gasteiger partial charge on any atom is -0.343 e. The molecule has 0 atom stereocenters. The van der Waals surface area contributed by atoms with Gasteiger partial charge in [0.25, 0.3) is 0 Å². The largest absolute Gasteiger partial charge is 0.343 e. The number of nitrogens with one attached hydrogen (secondary N) is 1. The third kappa shape index (κ3) is 2.74. The van der Waals surface area contributed by atoms with Crippen LogP contribution < -0.4 is 0 Å². The van der Waals surface area contributed by atoms with E-state index in [1.54, 1.807) is 12.4 Å². The van der Waals surface area contributed by atoms with Crippen molar-refractivity contribution < 1.29 is 0 Å². The van der Waals surface area contributed by atoms with E-state index in [2.05, 4.69) is 40.7 Å². The average Bonchev–Trinajstić information content (AvgIpc) is 2.28. The summed E-state index contributed by atoms with van der Waals surface area (Å²) >= 11 is 5.18. The maximum atomic E-state index is 5.18. The van der Waals surface area contributed by atoms with Crippen LogP contribution in [0.15, 0.2) is 24.8 Å². The number of hydrogen-bond acceptors (Lipinski definition) is 4. The van der Waals surface area contributed by atoms with Gasteiger partial charge in [-0.25, -0.2) is 15.0 Å². The van der Waals surface area contributed by atoms with Crippen LogP contribution in [0.5, 0.6) is 0 Å². The maximum absolute atomic E-state index is 5.18.